The average Bonchev–Trinajstić information content (AvgIpc) is 1.80. The van der Waals surface area contributed by atoms with Gasteiger partial charge in [-0.3, -0.25) is 4.79 Å². The molecule has 2 nitrogen and oxygen atoms in total. The Labute approximate surface area is 52.2 Å². The van der Waals surface area contributed by atoms with Crippen LogP contribution in [0, 0.1) is 0 Å². The molecule has 0 N–H and O–H groups in total. The smallest absolute Gasteiger partial charge is 0.233 e. The number of rotatable bonds is 0. The lowest BCUT2D eigenvalue weighted by Crippen LogP contribution is -2.44. The summed E-state index contributed by atoms with van der Waals surface area (Å²) in [5.41, 5.74) is 0. The summed E-state index contributed by atoms with van der Waals surface area (Å²) in [5.74, 6) is 1.07. The minimum absolute atomic E-state index is 0.339. The Morgan fingerprint density at radius 3 is 2.88 bits per heavy atom. The van der Waals surface area contributed by atoms with Crippen LogP contribution in [0.15, 0.2) is 0 Å². The number of hydrogen-bond acceptors (Lipinski definition) is 2. The molecule has 2 aliphatic heterocycles. The summed E-state index contributed by atoms with van der Waals surface area (Å²) in [4.78, 5) is 12.7. The number of thioether (sulfide) groups is 1. The third kappa shape index (κ3) is 0.426. The number of carbonyl (C=O) groups excluding carboxylic acids is 1. The molecule has 0 aromatic carbocycles. The molecule has 2 fully saturated rings. The Hall–Kier alpha value is -0.180. The second-order valence-electron chi connectivity index (χ2n) is 2.14. The Kier molecular flexibility index (Phi) is 0.821. The molecule has 0 aromatic rings. The minimum Gasteiger partial charge on any atom is -0.330 e. The second kappa shape index (κ2) is 1.41. The number of fused-ring (bicyclic) bond motifs is 1. The number of hydrogen-bond donors (Lipinski definition) is 0. The van der Waals surface area contributed by atoms with Crippen molar-refractivity contribution in [3.05, 3.63) is 0 Å². The summed E-state index contributed by atoms with van der Waals surface area (Å²) < 4.78 is 0. The molecular weight excluding hydrogens is 122 g/mol. The Balaban J connectivity index is 2.15. The van der Waals surface area contributed by atoms with E-state index in [9.17, 15) is 4.79 Å². The van der Waals surface area contributed by atoms with Crippen LogP contribution in [0.3, 0.4) is 0 Å². The third-order valence-electron chi connectivity index (χ3n) is 1.68. The van der Waals surface area contributed by atoms with E-state index in [2.05, 4.69) is 0 Å². The van der Waals surface area contributed by atoms with E-state index in [0.29, 0.717) is 11.3 Å². The topological polar surface area (TPSA) is 20.3 Å². The predicted octanol–water partition coefficient (Wildman–Crippen LogP) is 0.292. The van der Waals surface area contributed by atoms with Crippen LogP contribution < -0.4 is 0 Å². The summed E-state index contributed by atoms with van der Waals surface area (Å²) in [5, 5.41) is 0.572. The highest BCUT2D eigenvalue weighted by atomic mass is 32.2. The van der Waals surface area contributed by atoms with E-state index in [0.717, 1.165) is 12.3 Å². The maximum absolute atomic E-state index is 10.7. The lowest BCUT2D eigenvalue weighted by Gasteiger charge is -2.33. The van der Waals surface area contributed by atoms with Crippen LogP contribution in [-0.4, -0.2) is 28.5 Å². The first-order valence-electron chi connectivity index (χ1n) is 2.79. The molecule has 0 bridgehead atoms. The Morgan fingerprint density at radius 1 is 1.75 bits per heavy atom. The van der Waals surface area contributed by atoms with Gasteiger partial charge in [0.15, 0.2) is 0 Å². The van der Waals surface area contributed by atoms with Crippen molar-refractivity contribution in [1.29, 1.82) is 0 Å². The zero-order valence-electron chi connectivity index (χ0n) is 4.46. The van der Waals surface area contributed by atoms with Crippen molar-refractivity contribution < 1.29 is 4.79 Å². The average molecular weight is 129 g/mol. The van der Waals surface area contributed by atoms with Gasteiger partial charge in [0.2, 0.25) is 5.91 Å². The van der Waals surface area contributed by atoms with Gasteiger partial charge in [-0.05, 0) is 6.42 Å². The van der Waals surface area contributed by atoms with Gasteiger partial charge in [-0.15, -0.1) is 11.8 Å². The molecule has 0 radical (unpaired) electrons. The first-order valence-corrected chi connectivity index (χ1v) is 3.84. The van der Waals surface area contributed by atoms with E-state index < -0.39 is 0 Å². The molecule has 1 unspecified atom stereocenters. The highest BCUT2D eigenvalue weighted by Crippen LogP contribution is 2.34. The summed E-state index contributed by atoms with van der Waals surface area (Å²) in [6, 6.07) is 0. The lowest BCUT2D eigenvalue weighted by molar-refractivity contribution is -0.131. The SMILES string of the molecule is O=C1CSC2CCN12. The molecule has 0 spiro atoms. The molecule has 0 aromatic heterocycles. The molecule has 3 heteroatoms. The van der Waals surface area contributed by atoms with Gasteiger partial charge >= 0.3 is 0 Å². The van der Waals surface area contributed by atoms with Gasteiger partial charge in [0.25, 0.3) is 0 Å². The van der Waals surface area contributed by atoms with Crippen molar-refractivity contribution in [1.82, 2.24) is 4.90 Å². The first kappa shape index (κ1) is 4.68. The fraction of sp³-hybridized carbons (Fsp3) is 0.800. The van der Waals surface area contributed by atoms with Crippen LogP contribution in [0.4, 0.5) is 0 Å². The molecule has 8 heavy (non-hydrogen) atoms. The maximum atomic E-state index is 10.7. The monoisotopic (exact) mass is 129 g/mol. The second-order valence-corrected chi connectivity index (χ2v) is 3.31. The molecule has 0 saturated carbocycles. The van der Waals surface area contributed by atoms with Crippen LogP contribution in [0.25, 0.3) is 0 Å². The van der Waals surface area contributed by atoms with E-state index in [1.54, 1.807) is 11.8 Å². The third-order valence-corrected chi connectivity index (χ3v) is 2.97. The Morgan fingerprint density at radius 2 is 2.62 bits per heavy atom. The Bertz CT molecular complexity index is 136. The number of nitrogens with zero attached hydrogens (tertiary/aromatic N) is 1. The standard InChI is InChI=1S/C5H7NOS/c7-4-3-8-5-1-2-6(4)5/h5H,1-3H2. The van der Waals surface area contributed by atoms with Gasteiger partial charge < -0.3 is 4.90 Å². The van der Waals surface area contributed by atoms with Crippen LogP contribution in [0.2, 0.25) is 0 Å². The van der Waals surface area contributed by atoms with Crippen LogP contribution >= 0.6 is 11.8 Å². The van der Waals surface area contributed by atoms with Crippen LogP contribution in [0.5, 0.6) is 0 Å². The van der Waals surface area contributed by atoms with E-state index in [-0.39, 0.29) is 0 Å². The summed E-state index contributed by atoms with van der Waals surface area (Å²) in [7, 11) is 0. The molecule has 2 heterocycles. The molecule has 1 atom stereocenters. The summed E-state index contributed by atoms with van der Waals surface area (Å²) in [6.07, 6.45) is 1.22. The van der Waals surface area contributed by atoms with Crippen LogP contribution in [-0.2, 0) is 4.79 Å². The van der Waals surface area contributed by atoms with Crippen molar-refractivity contribution >= 4 is 17.7 Å². The largest absolute Gasteiger partial charge is 0.330 e. The molecule has 0 aliphatic carbocycles. The fourth-order valence-corrected chi connectivity index (χ4v) is 2.25. The van der Waals surface area contributed by atoms with E-state index in [1.165, 1.54) is 6.42 Å². The van der Waals surface area contributed by atoms with Crippen LogP contribution in [0.1, 0.15) is 6.42 Å². The minimum atomic E-state index is 0.339. The molecule has 1 amide bonds. The van der Waals surface area contributed by atoms with Gasteiger partial charge in [-0.25, -0.2) is 0 Å². The molecule has 2 saturated heterocycles. The fourth-order valence-electron chi connectivity index (χ4n) is 1.07. The van der Waals surface area contributed by atoms with E-state index in [4.69, 9.17) is 0 Å². The van der Waals surface area contributed by atoms with E-state index >= 15 is 0 Å². The summed E-state index contributed by atoms with van der Waals surface area (Å²) >= 11 is 1.78. The van der Waals surface area contributed by atoms with Gasteiger partial charge in [0, 0.05) is 6.54 Å². The zero-order chi connectivity index (χ0) is 5.56. The highest BCUT2D eigenvalue weighted by molar-refractivity contribution is 8.01. The quantitative estimate of drug-likeness (QED) is 0.468. The van der Waals surface area contributed by atoms with Crippen molar-refractivity contribution in [3.63, 3.8) is 0 Å². The van der Waals surface area contributed by atoms with Crippen molar-refractivity contribution in [2.45, 2.75) is 11.8 Å². The predicted molar refractivity (Wildman–Crippen MR) is 32.6 cm³/mol. The molecular formula is C5H7NOS. The number of amides is 1. The molecule has 2 rings (SSSR count). The van der Waals surface area contributed by atoms with Gasteiger partial charge in [-0.1, -0.05) is 0 Å². The molecule has 2 aliphatic rings. The van der Waals surface area contributed by atoms with E-state index in [1.807, 2.05) is 4.90 Å². The molecule has 44 valence electrons. The maximum Gasteiger partial charge on any atom is 0.233 e. The van der Waals surface area contributed by atoms with Gasteiger partial charge in [0.05, 0.1) is 11.1 Å². The number of carbonyl (C=O) groups is 1. The normalized spacial score (nSPS) is 34.8. The lowest BCUT2D eigenvalue weighted by atomic mass is 10.2. The van der Waals surface area contributed by atoms with Crippen molar-refractivity contribution in [2.75, 3.05) is 12.3 Å². The summed E-state index contributed by atoms with van der Waals surface area (Å²) in [6.45, 7) is 1.01. The zero-order valence-corrected chi connectivity index (χ0v) is 5.28. The van der Waals surface area contributed by atoms with Crippen molar-refractivity contribution in [3.8, 4) is 0 Å². The van der Waals surface area contributed by atoms with Gasteiger partial charge in [-0.2, -0.15) is 0 Å². The highest BCUT2D eigenvalue weighted by Gasteiger charge is 2.38. The van der Waals surface area contributed by atoms with Gasteiger partial charge in [0.1, 0.15) is 0 Å². The first-order chi connectivity index (χ1) is 3.88. The van der Waals surface area contributed by atoms with Crippen molar-refractivity contribution in [2.24, 2.45) is 0 Å².